The standard InChI is InChI=1S/C12H22O.C5H12O2/c1-5-11(6-2)9-13-10-12(7-3)8-4;6-4-2-1-3-5-7/h9-10H,5-8H2,1-4H3;6-7H,1-5H2. The Kier molecular flexibility index (Phi) is 19.6. The van der Waals surface area contributed by atoms with Gasteiger partial charge in [0.05, 0.1) is 12.5 Å². The average molecular weight is 286 g/mol. The van der Waals surface area contributed by atoms with E-state index in [0.29, 0.717) is 0 Å². The first kappa shape index (κ1) is 21.5. The Hall–Kier alpha value is -0.800. The van der Waals surface area contributed by atoms with Crippen LogP contribution in [0.5, 0.6) is 0 Å². The quantitative estimate of drug-likeness (QED) is 0.457. The van der Waals surface area contributed by atoms with Gasteiger partial charge >= 0.3 is 0 Å². The highest BCUT2D eigenvalue weighted by Gasteiger charge is 1.91. The van der Waals surface area contributed by atoms with Gasteiger partial charge in [0, 0.05) is 13.2 Å². The van der Waals surface area contributed by atoms with Crippen molar-refractivity contribution in [2.24, 2.45) is 0 Å². The SMILES string of the molecule is CCC(=COC=C(CC)CC)CC.OCCCCCO. The Bertz CT molecular complexity index is 209. The number of hydrogen-bond acceptors (Lipinski definition) is 3. The monoisotopic (exact) mass is 286 g/mol. The van der Waals surface area contributed by atoms with Crippen molar-refractivity contribution in [3.8, 4) is 0 Å². The topological polar surface area (TPSA) is 49.7 Å². The van der Waals surface area contributed by atoms with Crippen molar-refractivity contribution in [1.29, 1.82) is 0 Å². The lowest BCUT2D eigenvalue weighted by atomic mass is 10.2. The molecule has 0 heterocycles. The van der Waals surface area contributed by atoms with E-state index in [1.165, 1.54) is 11.1 Å². The molecule has 0 saturated carbocycles. The minimum absolute atomic E-state index is 0.250. The lowest BCUT2D eigenvalue weighted by Crippen LogP contribution is -1.85. The molecule has 0 unspecified atom stereocenters. The van der Waals surface area contributed by atoms with Crippen LogP contribution in [0.3, 0.4) is 0 Å². The van der Waals surface area contributed by atoms with Gasteiger partial charge in [0.2, 0.25) is 0 Å². The van der Waals surface area contributed by atoms with Gasteiger partial charge in [0.15, 0.2) is 0 Å². The summed E-state index contributed by atoms with van der Waals surface area (Å²) >= 11 is 0. The second kappa shape index (κ2) is 18.2. The summed E-state index contributed by atoms with van der Waals surface area (Å²) in [4.78, 5) is 0. The van der Waals surface area contributed by atoms with Crippen molar-refractivity contribution >= 4 is 0 Å². The maximum absolute atomic E-state index is 8.21. The van der Waals surface area contributed by atoms with E-state index in [1.54, 1.807) is 0 Å². The third-order valence-corrected chi connectivity index (χ3v) is 3.10. The zero-order valence-electron chi connectivity index (χ0n) is 13.8. The fourth-order valence-electron chi connectivity index (χ4n) is 1.46. The summed E-state index contributed by atoms with van der Waals surface area (Å²) in [6, 6.07) is 0. The molecule has 0 amide bonds. The molecule has 0 aromatic rings. The van der Waals surface area contributed by atoms with E-state index in [2.05, 4.69) is 27.7 Å². The molecule has 0 fully saturated rings. The molecule has 0 aromatic carbocycles. The van der Waals surface area contributed by atoms with E-state index in [9.17, 15) is 0 Å². The molecule has 0 atom stereocenters. The molecule has 20 heavy (non-hydrogen) atoms. The minimum Gasteiger partial charge on any atom is -0.473 e. The van der Waals surface area contributed by atoms with Gasteiger partial charge in [0.1, 0.15) is 0 Å². The van der Waals surface area contributed by atoms with Crippen molar-refractivity contribution in [2.75, 3.05) is 13.2 Å². The number of ether oxygens (including phenoxy) is 1. The molecule has 0 radical (unpaired) electrons. The van der Waals surface area contributed by atoms with E-state index in [4.69, 9.17) is 14.9 Å². The van der Waals surface area contributed by atoms with Crippen LogP contribution in [0.15, 0.2) is 23.7 Å². The van der Waals surface area contributed by atoms with E-state index in [1.807, 2.05) is 12.5 Å². The third kappa shape index (κ3) is 15.3. The molecule has 0 aromatic heterocycles. The third-order valence-electron chi connectivity index (χ3n) is 3.10. The fourth-order valence-corrected chi connectivity index (χ4v) is 1.46. The molecule has 120 valence electrons. The van der Waals surface area contributed by atoms with Gasteiger partial charge in [-0.1, -0.05) is 27.7 Å². The lowest BCUT2D eigenvalue weighted by molar-refractivity contribution is 0.257. The van der Waals surface area contributed by atoms with Gasteiger partial charge in [-0.15, -0.1) is 0 Å². The molecule has 2 N–H and O–H groups in total. The summed E-state index contributed by atoms with van der Waals surface area (Å²) in [5.74, 6) is 0. The molecule has 0 aliphatic rings. The van der Waals surface area contributed by atoms with E-state index in [-0.39, 0.29) is 13.2 Å². The summed E-state index contributed by atoms with van der Waals surface area (Å²) < 4.78 is 5.40. The zero-order chi connectivity index (χ0) is 15.6. The van der Waals surface area contributed by atoms with Crippen molar-refractivity contribution in [3.63, 3.8) is 0 Å². The number of aliphatic hydroxyl groups is 2. The predicted molar refractivity (Wildman–Crippen MR) is 86.4 cm³/mol. The van der Waals surface area contributed by atoms with Crippen molar-refractivity contribution < 1.29 is 14.9 Å². The van der Waals surface area contributed by atoms with Crippen molar-refractivity contribution in [1.82, 2.24) is 0 Å². The van der Waals surface area contributed by atoms with Gasteiger partial charge in [-0.25, -0.2) is 0 Å². The van der Waals surface area contributed by atoms with E-state index < -0.39 is 0 Å². The number of hydrogen-bond donors (Lipinski definition) is 2. The highest BCUT2D eigenvalue weighted by Crippen LogP contribution is 2.08. The Labute approximate surface area is 125 Å². The smallest absolute Gasteiger partial charge is 0.0893 e. The summed E-state index contributed by atoms with van der Waals surface area (Å²) in [5.41, 5.74) is 2.73. The maximum Gasteiger partial charge on any atom is 0.0893 e. The minimum atomic E-state index is 0.250. The van der Waals surface area contributed by atoms with Gasteiger partial charge in [-0.2, -0.15) is 0 Å². The maximum atomic E-state index is 8.21. The second-order valence-corrected chi connectivity index (χ2v) is 4.61. The van der Waals surface area contributed by atoms with Crippen LogP contribution in [-0.4, -0.2) is 23.4 Å². The Morgan fingerprint density at radius 2 is 1.05 bits per heavy atom. The van der Waals surface area contributed by atoms with E-state index in [0.717, 1.165) is 44.9 Å². The Morgan fingerprint density at radius 3 is 1.30 bits per heavy atom. The lowest BCUT2D eigenvalue weighted by Gasteiger charge is -2.01. The zero-order valence-corrected chi connectivity index (χ0v) is 13.8. The second-order valence-electron chi connectivity index (χ2n) is 4.61. The summed E-state index contributed by atoms with van der Waals surface area (Å²) in [6.45, 7) is 9.12. The van der Waals surface area contributed by atoms with Gasteiger partial charge in [0.25, 0.3) is 0 Å². The molecular weight excluding hydrogens is 252 g/mol. The van der Waals surface area contributed by atoms with E-state index >= 15 is 0 Å². The van der Waals surface area contributed by atoms with Crippen LogP contribution < -0.4 is 0 Å². The van der Waals surface area contributed by atoms with Crippen LogP contribution in [0.1, 0.15) is 72.6 Å². The fraction of sp³-hybridized carbons (Fsp3) is 0.765. The van der Waals surface area contributed by atoms with Crippen molar-refractivity contribution in [2.45, 2.75) is 72.6 Å². The number of unbranched alkanes of at least 4 members (excludes halogenated alkanes) is 2. The molecular formula is C17H34O3. The van der Waals surface area contributed by atoms with Crippen molar-refractivity contribution in [3.05, 3.63) is 23.7 Å². The largest absolute Gasteiger partial charge is 0.473 e. The highest BCUT2D eigenvalue weighted by atomic mass is 16.5. The van der Waals surface area contributed by atoms with Crippen LogP contribution in [0.25, 0.3) is 0 Å². The van der Waals surface area contributed by atoms with Gasteiger partial charge in [-0.3, -0.25) is 0 Å². The summed E-state index contributed by atoms with van der Waals surface area (Å²) in [7, 11) is 0. The first-order chi connectivity index (χ1) is 9.69. The molecule has 0 aliphatic heterocycles. The average Bonchev–Trinajstić information content (AvgIpc) is 2.49. The van der Waals surface area contributed by atoms with Crippen LogP contribution in [-0.2, 0) is 4.74 Å². The van der Waals surface area contributed by atoms with Crippen LogP contribution in [0, 0.1) is 0 Å². The normalized spacial score (nSPS) is 9.30. The predicted octanol–water partition coefficient (Wildman–Crippen LogP) is 4.55. The summed E-state index contributed by atoms with van der Waals surface area (Å²) in [5, 5.41) is 16.4. The highest BCUT2D eigenvalue weighted by molar-refractivity contribution is 5.00. The number of aliphatic hydroxyl groups excluding tert-OH is 2. The molecule has 0 saturated heterocycles. The van der Waals surface area contributed by atoms with Gasteiger partial charge < -0.3 is 14.9 Å². The Morgan fingerprint density at radius 1 is 0.700 bits per heavy atom. The molecule has 0 rings (SSSR count). The van der Waals surface area contributed by atoms with Crippen LogP contribution in [0.4, 0.5) is 0 Å². The number of rotatable bonds is 10. The summed E-state index contributed by atoms with van der Waals surface area (Å²) in [6.07, 6.45) is 10.7. The van der Waals surface area contributed by atoms with Crippen LogP contribution >= 0.6 is 0 Å². The van der Waals surface area contributed by atoms with Crippen LogP contribution in [0.2, 0.25) is 0 Å². The molecule has 0 bridgehead atoms. The number of allylic oxidation sites excluding steroid dienone is 2. The molecule has 3 heteroatoms. The molecule has 0 spiro atoms. The molecule has 3 nitrogen and oxygen atoms in total. The Balaban J connectivity index is 0. The first-order valence-electron chi connectivity index (χ1n) is 7.92. The molecule has 0 aliphatic carbocycles. The first-order valence-corrected chi connectivity index (χ1v) is 7.92. The van der Waals surface area contributed by atoms with Gasteiger partial charge in [-0.05, 0) is 56.1 Å².